The van der Waals surface area contributed by atoms with Gasteiger partial charge in [-0.2, -0.15) is 0 Å². The normalized spacial score (nSPS) is 29.1. The zero-order valence-corrected chi connectivity index (χ0v) is 18.2. The third kappa shape index (κ3) is 2.87. The van der Waals surface area contributed by atoms with Gasteiger partial charge in [-0.15, -0.1) is 0 Å². The largest absolute Gasteiger partial charge is 0.510 e. The minimum atomic E-state index is -2.68. The number of hydrogen-bond acceptors (Lipinski definition) is 9. The molecule has 0 spiro atoms. The van der Waals surface area contributed by atoms with Crippen molar-refractivity contribution >= 4 is 23.3 Å². The number of allylic oxidation sites excluding steroid dienone is 1. The lowest BCUT2D eigenvalue weighted by atomic mass is 9.58. The number of ketones is 3. The highest BCUT2D eigenvalue weighted by atomic mass is 16.3. The van der Waals surface area contributed by atoms with Crippen molar-refractivity contribution in [3.63, 3.8) is 0 Å². The highest BCUT2D eigenvalue weighted by Crippen LogP contribution is 2.52. The van der Waals surface area contributed by atoms with Crippen LogP contribution in [0.15, 0.2) is 34.8 Å². The minimum Gasteiger partial charge on any atom is -0.510 e. The number of likely N-dealkylation sites (N-methyl/N-ethyl adjacent to an activating group) is 1. The number of aliphatic hydroxyl groups is 3. The lowest BCUT2D eigenvalue weighted by Crippen LogP contribution is -2.63. The van der Waals surface area contributed by atoms with Crippen LogP contribution in [0, 0.1) is 11.8 Å². The molecule has 33 heavy (non-hydrogen) atoms. The second-order valence-electron chi connectivity index (χ2n) is 9.01. The van der Waals surface area contributed by atoms with Crippen molar-refractivity contribution in [3.05, 3.63) is 51.5 Å². The smallest absolute Gasteiger partial charge is 0.255 e. The first-order valence-corrected chi connectivity index (χ1v) is 10.3. The monoisotopic (exact) mass is 456 g/mol. The summed E-state index contributed by atoms with van der Waals surface area (Å²) in [6.45, 7) is 1.33. The van der Waals surface area contributed by atoms with E-state index in [-0.39, 0.29) is 35.3 Å². The van der Waals surface area contributed by atoms with Gasteiger partial charge in [0.05, 0.1) is 11.6 Å². The Morgan fingerprint density at radius 2 is 1.79 bits per heavy atom. The first-order chi connectivity index (χ1) is 15.3. The molecule has 0 unspecified atom stereocenters. The van der Waals surface area contributed by atoms with E-state index in [1.807, 2.05) is 0 Å². The van der Waals surface area contributed by atoms with Gasteiger partial charge in [-0.3, -0.25) is 24.1 Å². The number of aromatic hydroxyl groups is 1. The molecule has 1 amide bonds. The Bertz CT molecular complexity index is 1210. The van der Waals surface area contributed by atoms with Gasteiger partial charge in [-0.1, -0.05) is 0 Å². The quantitative estimate of drug-likeness (QED) is 0.316. The van der Waals surface area contributed by atoms with Gasteiger partial charge in [0, 0.05) is 17.1 Å². The van der Waals surface area contributed by atoms with E-state index in [1.54, 1.807) is 14.1 Å². The van der Waals surface area contributed by atoms with E-state index in [0.717, 1.165) is 0 Å². The third-order valence-corrected chi connectivity index (χ3v) is 6.99. The number of nitrogens with zero attached hydrogens (tertiary/aromatic N) is 1. The molecule has 0 saturated heterocycles. The van der Waals surface area contributed by atoms with Gasteiger partial charge in [0.2, 0.25) is 5.78 Å². The zero-order valence-electron chi connectivity index (χ0n) is 18.2. The molecular weight excluding hydrogens is 432 g/mol. The third-order valence-electron chi connectivity index (χ3n) is 6.99. The van der Waals surface area contributed by atoms with E-state index in [1.165, 1.54) is 24.0 Å². The van der Waals surface area contributed by atoms with Crippen molar-refractivity contribution in [2.75, 3.05) is 14.1 Å². The molecule has 0 bridgehead atoms. The molecule has 4 atom stereocenters. The number of carbonyl (C=O) groups excluding carboxylic acids is 4. The number of phenolic OH excluding ortho intramolecular Hbond substituents is 1. The highest BCUT2D eigenvalue weighted by molar-refractivity contribution is 6.25. The van der Waals surface area contributed by atoms with Gasteiger partial charge in [0.1, 0.15) is 22.8 Å². The Morgan fingerprint density at radius 1 is 1.15 bits per heavy atom. The molecule has 0 aliphatic heterocycles. The van der Waals surface area contributed by atoms with Gasteiger partial charge in [-0.25, -0.2) is 0 Å². The maximum absolute atomic E-state index is 13.4. The Balaban J connectivity index is 1.99. The van der Waals surface area contributed by atoms with Crippen LogP contribution in [0.1, 0.15) is 39.6 Å². The Hall–Kier alpha value is -3.50. The van der Waals surface area contributed by atoms with Crippen molar-refractivity contribution in [1.82, 2.24) is 4.90 Å². The Kier molecular flexibility index (Phi) is 4.99. The van der Waals surface area contributed by atoms with E-state index in [2.05, 4.69) is 0 Å². The summed E-state index contributed by atoms with van der Waals surface area (Å²) in [5, 5.41) is 43.7. The number of carbonyl (C=O) groups is 4. The molecule has 6 N–H and O–H groups in total. The first-order valence-electron chi connectivity index (χ1n) is 10.3. The molecule has 1 aromatic rings. The SMILES string of the molecule is CC(=O)c1ccc(O)c2c1C[C@H]1C[C@H]3[C@H](N(C)C)C(O)=C(C(N)=O)C(=O)[C@@]3(O)C(O)=C1C2=O. The Labute approximate surface area is 188 Å². The second-order valence-corrected chi connectivity index (χ2v) is 9.01. The fourth-order valence-electron chi connectivity index (χ4n) is 5.58. The number of rotatable bonds is 3. The van der Waals surface area contributed by atoms with Gasteiger partial charge in [0.25, 0.3) is 5.91 Å². The van der Waals surface area contributed by atoms with Gasteiger partial charge in [-0.05, 0) is 57.5 Å². The lowest BCUT2D eigenvalue weighted by molar-refractivity contribution is -0.148. The summed E-state index contributed by atoms with van der Waals surface area (Å²) in [5.41, 5.74) is 1.88. The molecule has 0 radical (unpaired) electrons. The predicted molar refractivity (Wildman–Crippen MR) is 114 cm³/mol. The zero-order chi connectivity index (χ0) is 24.6. The predicted octanol–water partition coefficient (Wildman–Crippen LogP) is 0.323. The molecule has 174 valence electrons. The maximum Gasteiger partial charge on any atom is 0.255 e. The summed E-state index contributed by atoms with van der Waals surface area (Å²) in [7, 11) is 3.11. The molecule has 0 saturated carbocycles. The number of nitrogens with two attached hydrogens (primary N) is 1. The van der Waals surface area contributed by atoms with Crippen LogP contribution in [0.2, 0.25) is 0 Å². The number of benzene rings is 1. The fraction of sp³-hybridized carbons (Fsp3) is 0.391. The number of primary amides is 1. The number of amides is 1. The molecule has 3 aliphatic rings. The molecule has 4 rings (SSSR count). The number of aliphatic hydroxyl groups excluding tert-OH is 2. The van der Waals surface area contributed by atoms with Crippen molar-refractivity contribution in [1.29, 1.82) is 0 Å². The van der Waals surface area contributed by atoms with E-state index >= 15 is 0 Å². The molecule has 3 aliphatic carbocycles. The van der Waals surface area contributed by atoms with Gasteiger partial charge >= 0.3 is 0 Å². The average Bonchev–Trinajstić information content (AvgIpc) is 2.70. The summed E-state index contributed by atoms with van der Waals surface area (Å²) in [4.78, 5) is 52.1. The van der Waals surface area contributed by atoms with Crippen LogP contribution < -0.4 is 5.73 Å². The van der Waals surface area contributed by atoms with Crippen LogP contribution in [-0.4, -0.2) is 74.3 Å². The molecule has 0 fully saturated rings. The van der Waals surface area contributed by atoms with E-state index in [9.17, 15) is 39.6 Å². The number of phenols is 1. The average molecular weight is 456 g/mol. The maximum atomic E-state index is 13.4. The van der Waals surface area contributed by atoms with Crippen LogP contribution in [0.25, 0.3) is 0 Å². The van der Waals surface area contributed by atoms with Crippen molar-refractivity contribution in [2.45, 2.75) is 31.4 Å². The van der Waals surface area contributed by atoms with Crippen molar-refractivity contribution in [2.24, 2.45) is 17.6 Å². The highest BCUT2D eigenvalue weighted by Gasteiger charge is 2.63. The van der Waals surface area contributed by atoms with Crippen molar-refractivity contribution in [3.8, 4) is 5.75 Å². The van der Waals surface area contributed by atoms with E-state index in [4.69, 9.17) is 5.73 Å². The molecule has 0 aromatic heterocycles. The summed E-state index contributed by atoms with van der Waals surface area (Å²) in [5.74, 6) is -7.49. The number of hydrogen-bond donors (Lipinski definition) is 5. The lowest BCUT2D eigenvalue weighted by Gasteiger charge is -2.50. The topological polar surface area (TPSA) is 178 Å². The minimum absolute atomic E-state index is 0.0290. The van der Waals surface area contributed by atoms with Crippen LogP contribution >= 0.6 is 0 Å². The molecule has 0 heterocycles. The summed E-state index contributed by atoms with van der Waals surface area (Å²) in [6, 6.07) is 1.55. The Morgan fingerprint density at radius 3 is 2.33 bits per heavy atom. The van der Waals surface area contributed by atoms with Crippen LogP contribution in [0.4, 0.5) is 0 Å². The van der Waals surface area contributed by atoms with Gasteiger partial charge < -0.3 is 26.2 Å². The van der Waals surface area contributed by atoms with Gasteiger partial charge in [0.15, 0.2) is 17.2 Å². The number of fused-ring (bicyclic) bond motifs is 3. The summed E-state index contributed by atoms with van der Waals surface area (Å²) in [6.07, 6.45) is 0.0522. The first kappa shape index (κ1) is 22.7. The van der Waals surface area contributed by atoms with E-state index < -0.39 is 63.8 Å². The second kappa shape index (κ2) is 7.26. The summed E-state index contributed by atoms with van der Waals surface area (Å²) >= 11 is 0. The fourth-order valence-corrected chi connectivity index (χ4v) is 5.58. The van der Waals surface area contributed by atoms with Crippen LogP contribution in [-0.2, 0) is 16.0 Å². The summed E-state index contributed by atoms with van der Waals surface area (Å²) < 4.78 is 0. The van der Waals surface area contributed by atoms with E-state index in [0.29, 0.717) is 5.56 Å². The van der Waals surface area contributed by atoms with Crippen LogP contribution in [0.5, 0.6) is 5.75 Å². The molecule has 10 nitrogen and oxygen atoms in total. The van der Waals surface area contributed by atoms with Crippen molar-refractivity contribution < 1.29 is 39.6 Å². The molecule has 1 aromatic carbocycles. The molecular formula is C23H24N2O8. The molecule has 10 heteroatoms. The standard InChI is InChI=1S/C23H24N2O8/c1-8(26)10-4-5-13(27)15-11(10)6-9-7-12-17(25(2)3)19(29)16(22(24)32)21(31)23(12,33)20(30)14(9)18(15)28/h4-5,9,12,17,27,29-30,33H,6-7H2,1-3H3,(H2,24,32)/t9-,12-,17-,23-/m0/s1. The van der Waals surface area contributed by atoms with Crippen LogP contribution in [0.3, 0.4) is 0 Å². The number of Topliss-reactive ketones (excluding diaryl/α,β-unsaturated/α-hetero) is 3.